The van der Waals surface area contributed by atoms with Crippen molar-refractivity contribution < 1.29 is 9.53 Å². The van der Waals surface area contributed by atoms with Gasteiger partial charge in [0.1, 0.15) is 11.4 Å². The van der Waals surface area contributed by atoms with Crippen molar-refractivity contribution in [1.82, 2.24) is 4.98 Å². The van der Waals surface area contributed by atoms with E-state index in [0.717, 1.165) is 11.4 Å². The van der Waals surface area contributed by atoms with Gasteiger partial charge in [-0.3, -0.25) is 4.79 Å². The maximum atomic E-state index is 12.4. The molecule has 2 N–H and O–H groups in total. The fourth-order valence-electron chi connectivity index (χ4n) is 2.47. The van der Waals surface area contributed by atoms with Crippen LogP contribution in [0.15, 0.2) is 66.9 Å². The van der Waals surface area contributed by atoms with Crippen LogP contribution in [0.2, 0.25) is 0 Å². The zero-order valence-corrected chi connectivity index (χ0v) is 14.8. The lowest BCUT2D eigenvalue weighted by atomic mass is 10.2. The number of benzene rings is 2. The van der Waals surface area contributed by atoms with Gasteiger partial charge in [0.05, 0.1) is 35.8 Å². The number of nitriles is 1. The number of amides is 1. The largest absolute Gasteiger partial charge is 0.492 e. The van der Waals surface area contributed by atoms with Gasteiger partial charge in [-0.25, -0.2) is 4.98 Å². The molecule has 27 heavy (non-hydrogen) atoms. The van der Waals surface area contributed by atoms with E-state index < -0.39 is 0 Å². The van der Waals surface area contributed by atoms with Gasteiger partial charge in [-0.1, -0.05) is 18.2 Å². The molecule has 0 aliphatic heterocycles. The Morgan fingerprint density at radius 1 is 1.11 bits per heavy atom. The van der Waals surface area contributed by atoms with Crippen molar-refractivity contribution in [2.75, 3.05) is 17.2 Å². The molecule has 0 atom stereocenters. The highest BCUT2D eigenvalue weighted by molar-refractivity contribution is 6.03. The summed E-state index contributed by atoms with van der Waals surface area (Å²) in [6.45, 7) is 2.40. The number of pyridine rings is 1. The second-order valence-electron chi connectivity index (χ2n) is 5.63. The first kappa shape index (κ1) is 18.0. The van der Waals surface area contributed by atoms with E-state index in [-0.39, 0.29) is 11.6 Å². The second kappa shape index (κ2) is 8.50. The number of hydrogen-bond acceptors (Lipinski definition) is 5. The molecule has 0 spiro atoms. The highest BCUT2D eigenvalue weighted by atomic mass is 16.5. The summed E-state index contributed by atoms with van der Waals surface area (Å²) >= 11 is 0. The Balaban J connectivity index is 1.70. The van der Waals surface area contributed by atoms with Crippen molar-refractivity contribution in [3.05, 3.63) is 78.1 Å². The first-order valence-electron chi connectivity index (χ1n) is 8.46. The van der Waals surface area contributed by atoms with E-state index in [1.54, 1.807) is 48.7 Å². The SMILES string of the molecule is CCOc1ccccc1NC(=O)c1ccc(Nc2cccc(C#N)c2)cn1. The summed E-state index contributed by atoms with van der Waals surface area (Å²) in [4.78, 5) is 16.6. The summed E-state index contributed by atoms with van der Waals surface area (Å²) in [6, 6.07) is 19.9. The van der Waals surface area contributed by atoms with E-state index in [1.165, 1.54) is 0 Å². The van der Waals surface area contributed by atoms with E-state index in [0.29, 0.717) is 23.6 Å². The van der Waals surface area contributed by atoms with Gasteiger partial charge in [0.25, 0.3) is 5.91 Å². The van der Waals surface area contributed by atoms with Crippen LogP contribution in [0.1, 0.15) is 23.0 Å². The van der Waals surface area contributed by atoms with E-state index in [4.69, 9.17) is 10.00 Å². The molecule has 3 rings (SSSR count). The quantitative estimate of drug-likeness (QED) is 0.684. The lowest BCUT2D eigenvalue weighted by Crippen LogP contribution is -2.14. The maximum absolute atomic E-state index is 12.4. The Bertz CT molecular complexity index is 978. The van der Waals surface area contributed by atoms with Crippen molar-refractivity contribution >= 4 is 23.0 Å². The fraction of sp³-hybridized carbons (Fsp3) is 0.0952. The fourth-order valence-corrected chi connectivity index (χ4v) is 2.47. The molecule has 134 valence electrons. The van der Waals surface area contributed by atoms with Crippen LogP contribution in [0.3, 0.4) is 0 Å². The summed E-state index contributed by atoms with van der Waals surface area (Å²) in [5.41, 5.74) is 2.95. The predicted molar refractivity (Wildman–Crippen MR) is 104 cm³/mol. The van der Waals surface area contributed by atoms with Gasteiger partial charge in [-0.15, -0.1) is 0 Å². The maximum Gasteiger partial charge on any atom is 0.274 e. The van der Waals surface area contributed by atoms with Crippen molar-refractivity contribution in [3.63, 3.8) is 0 Å². The minimum Gasteiger partial charge on any atom is -0.492 e. The molecule has 1 aromatic heterocycles. The molecule has 0 aliphatic rings. The van der Waals surface area contributed by atoms with E-state index in [9.17, 15) is 4.79 Å². The standard InChI is InChI=1S/C21H18N4O2/c1-2-27-20-9-4-3-8-18(20)25-21(26)19-11-10-17(14-23-19)24-16-7-5-6-15(12-16)13-22/h3-12,14,24H,2H2,1H3,(H,25,26). The first-order chi connectivity index (χ1) is 13.2. The summed E-state index contributed by atoms with van der Waals surface area (Å²) in [6.07, 6.45) is 1.57. The van der Waals surface area contributed by atoms with E-state index in [2.05, 4.69) is 21.7 Å². The summed E-state index contributed by atoms with van der Waals surface area (Å²) in [7, 11) is 0. The normalized spacial score (nSPS) is 9.93. The van der Waals surface area contributed by atoms with Crippen molar-refractivity contribution in [1.29, 1.82) is 5.26 Å². The Hall–Kier alpha value is -3.85. The Morgan fingerprint density at radius 3 is 2.70 bits per heavy atom. The molecule has 6 nitrogen and oxygen atoms in total. The number of para-hydroxylation sites is 2. The van der Waals surface area contributed by atoms with Gasteiger partial charge in [-0.05, 0) is 49.4 Å². The van der Waals surface area contributed by atoms with Crippen LogP contribution < -0.4 is 15.4 Å². The Kier molecular flexibility index (Phi) is 5.65. The molecular weight excluding hydrogens is 340 g/mol. The highest BCUT2D eigenvalue weighted by Gasteiger charge is 2.11. The van der Waals surface area contributed by atoms with Crippen molar-refractivity contribution in [3.8, 4) is 11.8 Å². The number of carbonyl (C=O) groups excluding carboxylic acids is 1. The number of nitrogens with zero attached hydrogens (tertiary/aromatic N) is 2. The molecular formula is C21H18N4O2. The lowest BCUT2D eigenvalue weighted by Gasteiger charge is -2.11. The lowest BCUT2D eigenvalue weighted by molar-refractivity contribution is 0.102. The minimum atomic E-state index is -0.319. The smallest absolute Gasteiger partial charge is 0.274 e. The second-order valence-corrected chi connectivity index (χ2v) is 5.63. The number of rotatable bonds is 6. The summed E-state index contributed by atoms with van der Waals surface area (Å²) < 4.78 is 5.51. The molecule has 2 aromatic carbocycles. The number of nitrogens with one attached hydrogen (secondary N) is 2. The third-order valence-corrected chi connectivity index (χ3v) is 3.71. The van der Waals surface area contributed by atoms with Crippen molar-refractivity contribution in [2.45, 2.75) is 6.92 Å². The monoisotopic (exact) mass is 358 g/mol. The van der Waals surface area contributed by atoms with Gasteiger partial charge >= 0.3 is 0 Å². The molecule has 6 heteroatoms. The molecule has 0 saturated carbocycles. The van der Waals surface area contributed by atoms with E-state index >= 15 is 0 Å². The Labute approximate surface area is 157 Å². The Morgan fingerprint density at radius 2 is 1.96 bits per heavy atom. The van der Waals surface area contributed by atoms with Crippen LogP contribution >= 0.6 is 0 Å². The molecule has 1 heterocycles. The molecule has 0 saturated heterocycles. The topological polar surface area (TPSA) is 87.0 Å². The molecule has 0 unspecified atom stereocenters. The van der Waals surface area contributed by atoms with Gasteiger partial charge < -0.3 is 15.4 Å². The molecule has 0 fully saturated rings. The van der Waals surface area contributed by atoms with E-state index in [1.807, 2.05) is 25.1 Å². The zero-order chi connectivity index (χ0) is 19.1. The molecule has 3 aromatic rings. The van der Waals surface area contributed by atoms with Crippen LogP contribution in [0, 0.1) is 11.3 Å². The predicted octanol–water partition coefficient (Wildman–Crippen LogP) is 4.35. The number of aromatic nitrogens is 1. The first-order valence-corrected chi connectivity index (χ1v) is 8.46. The molecule has 1 amide bonds. The third-order valence-electron chi connectivity index (χ3n) is 3.71. The molecule has 0 aliphatic carbocycles. The van der Waals surface area contributed by atoms with Crippen LogP contribution in [-0.2, 0) is 0 Å². The van der Waals surface area contributed by atoms with Crippen molar-refractivity contribution in [2.24, 2.45) is 0 Å². The summed E-state index contributed by atoms with van der Waals surface area (Å²) in [5.74, 6) is 0.296. The number of hydrogen-bond donors (Lipinski definition) is 2. The minimum absolute atomic E-state index is 0.289. The van der Waals surface area contributed by atoms with Crippen LogP contribution in [-0.4, -0.2) is 17.5 Å². The van der Waals surface area contributed by atoms with Crippen LogP contribution in [0.5, 0.6) is 5.75 Å². The van der Waals surface area contributed by atoms with Gasteiger partial charge in [0.2, 0.25) is 0 Å². The molecule has 0 radical (unpaired) electrons. The third kappa shape index (κ3) is 4.61. The number of ether oxygens (including phenoxy) is 1. The molecule has 0 bridgehead atoms. The van der Waals surface area contributed by atoms with Gasteiger partial charge in [-0.2, -0.15) is 5.26 Å². The van der Waals surface area contributed by atoms with Gasteiger partial charge in [0, 0.05) is 5.69 Å². The number of carbonyl (C=O) groups is 1. The van der Waals surface area contributed by atoms with Gasteiger partial charge in [0.15, 0.2) is 0 Å². The summed E-state index contributed by atoms with van der Waals surface area (Å²) in [5, 5.41) is 14.9. The number of anilines is 3. The average molecular weight is 358 g/mol. The van der Waals surface area contributed by atoms with Crippen LogP contribution in [0.25, 0.3) is 0 Å². The zero-order valence-electron chi connectivity index (χ0n) is 14.8. The van der Waals surface area contributed by atoms with Crippen LogP contribution in [0.4, 0.5) is 17.1 Å². The average Bonchev–Trinajstić information content (AvgIpc) is 2.70. The highest BCUT2D eigenvalue weighted by Crippen LogP contribution is 2.24.